The van der Waals surface area contributed by atoms with E-state index in [2.05, 4.69) is 9.88 Å². The normalized spacial score (nSPS) is 14.0. The number of hydrogen-bond donors (Lipinski definition) is 1. The Kier molecular flexibility index (Phi) is 8.69. The number of amides is 1. The van der Waals surface area contributed by atoms with Gasteiger partial charge in [0.2, 0.25) is 5.91 Å². The molecular weight excluding hydrogens is 649 g/mol. The van der Waals surface area contributed by atoms with Gasteiger partial charge in [-0.1, -0.05) is 89.1 Å². The molecule has 1 aliphatic carbocycles. The average Bonchev–Trinajstić information content (AvgIpc) is 3.80. The molecule has 1 aliphatic rings. The summed E-state index contributed by atoms with van der Waals surface area (Å²) in [4.78, 5) is 26.3. The Labute approximate surface area is 280 Å². The summed E-state index contributed by atoms with van der Waals surface area (Å²) < 4.78 is 59.2. The summed E-state index contributed by atoms with van der Waals surface area (Å²) in [7, 11) is -7.78. The maximum absolute atomic E-state index is 13.2. The number of sulfonamides is 1. The van der Waals surface area contributed by atoms with E-state index >= 15 is 0 Å². The van der Waals surface area contributed by atoms with E-state index in [9.17, 15) is 26.4 Å². The van der Waals surface area contributed by atoms with Crippen LogP contribution in [0.2, 0.25) is 0 Å². The van der Waals surface area contributed by atoms with Gasteiger partial charge in [-0.25, -0.2) is 21.6 Å². The van der Waals surface area contributed by atoms with E-state index in [0.29, 0.717) is 35.4 Å². The molecule has 0 unspecified atom stereocenters. The number of benzene rings is 4. The Balaban J connectivity index is 1.14. The molecule has 11 heteroatoms. The second-order valence-corrected chi connectivity index (χ2v) is 16.0. The molecule has 1 heterocycles. The van der Waals surface area contributed by atoms with Crippen LogP contribution in [0.1, 0.15) is 40.8 Å². The van der Waals surface area contributed by atoms with Crippen LogP contribution in [-0.4, -0.2) is 39.4 Å². The zero-order valence-electron chi connectivity index (χ0n) is 26.7. The highest BCUT2D eigenvalue weighted by atomic mass is 32.2. The largest absolute Gasteiger partial charge is 0.356 e. The van der Waals surface area contributed by atoms with Crippen molar-refractivity contribution in [2.75, 3.05) is 5.75 Å². The molecule has 0 spiro atoms. The number of nitrogens with one attached hydrogen (secondary N) is 1. The topological polar surface area (TPSA) is 140 Å². The molecule has 4 aromatic carbocycles. The van der Waals surface area contributed by atoms with Gasteiger partial charge in [-0.2, -0.15) is 0 Å². The van der Waals surface area contributed by atoms with Gasteiger partial charge >= 0.3 is 0 Å². The van der Waals surface area contributed by atoms with Crippen LogP contribution in [0.25, 0.3) is 22.5 Å². The summed E-state index contributed by atoms with van der Waals surface area (Å²) in [6.07, 6.45) is 0.964. The van der Waals surface area contributed by atoms with E-state index in [1.807, 2.05) is 62.4 Å². The quantitative estimate of drug-likeness (QED) is 0.177. The molecule has 0 aliphatic heterocycles. The lowest BCUT2D eigenvalue weighted by Crippen LogP contribution is -2.38. The molecule has 9 nitrogen and oxygen atoms in total. The third kappa shape index (κ3) is 6.74. The van der Waals surface area contributed by atoms with Crippen molar-refractivity contribution in [1.82, 2.24) is 9.88 Å². The highest BCUT2D eigenvalue weighted by Crippen LogP contribution is 2.49. The number of Topliss-reactive ketones (excluding diaryl/α,β-unsaturated/α-hetero) is 1. The van der Waals surface area contributed by atoms with E-state index in [4.69, 9.17) is 4.52 Å². The summed E-state index contributed by atoms with van der Waals surface area (Å²) in [5.41, 5.74) is 5.20. The van der Waals surface area contributed by atoms with Crippen molar-refractivity contribution in [3.05, 3.63) is 125 Å². The number of hydrogen-bond acceptors (Lipinski definition) is 8. The van der Waals surface area contributed by atoms with Crippen LogP contribution in [0.4, 0.5) is 0 Å². The number of aryl methyl sites for hydroxylation is 3. The fraction of sp³-hybridized carbons (Fsp3) is 0.216. The van der Waals surface area contributed by atoms with Crippen molar-refractivity contribution >= 4 is 31.6 Å². The van der Waals surface area contributed by atoms with Crippen LogP contribution >= 0.6 is 0 Å². The summed E-state index contributed by atoms with van der Waals surface area (Å²) in [5, 5.41) is 4.04. The van der Waals surface area contributed by atoms with Gasteiger partial charge in [-0.3, -0.25) is 9.59 Å². The third-order valence-corrected chi connectivity index (χ3v) is 11.8. The summed E-state index contributed by atoms with van der Waals surface area (Å²) >= 11 is 0. The molecule has 6 rings (SSSR count). The van der Waals surface area contributed by atoms with Crippen molar-refractivity contribution < 1.29 is 30.9 Å². The van der Waals surface area contributed by atoms with Crippen molar-refractivity contribution in [2.45, 2.75) is 55.2 Å². The number of nitrogens with zero attached hydrogens (tertiary/aromatic N) is 1. The fourth-order valence-corrected chi connectivity index (χ4v) is 7.97. The molecule has 246 valence electrons. The van der Waals surface area contributed by atoms with Crippen molar-refractivity contribution in [3.8, 4) is 22.5 Å². The SMILES string of the molecule is Cc1ccc(S(=O)(=O)CC(=O)Cc2c(C)noc2-c2ccc(-c3ccc(C4(C(=O)NS(=O)(=O)c5ccc(C)cc5)CC4)cc3)cc2)cc1. The van der Waals surface area contributed by atoms with Gasteiger partial charge in [0.05, 0.1) is 20.9 Å². The maximum Gasteiger partial charge on any atom is 0.264 e. The van der Waals surface area contributed by atoms with Gasteiger partial charge in [0.25, 0.3) is 10.0 Å². The first-order chi connectivity index (χ1) is 22.8. The van der Waals surface area contributed by atoms with E-state index in [-0.39, 0.29) is 16.2 Å². The van der Waals surface area contributed by atoms with Crippen LogP contribution in [-0.2, 0) is 41.3 Å². The Morgan fingerprint density at radius 1 is 0.708 bits per heavy atom. The Morgan fingerprint density at radius 3 is 1.75 bits per heavy atom. The fourth-order valence-electron chi connectivity index (χ4n) is 5.68. The van der Waals surface area contributed by atoms with Crippen LogP contribution in [0, 0.1) is 20.8 Å². The summed E-state index contributed by atoms with van der Waals surface area (Å²) in [6.45, 7) is 5.43. The number of aromatic nitrogens is 1. The highest BCUT2D eigenvalue weighted by molar-refractivity contribution is 7.92. The summed E-state index contributed by atoms with van der Waals surface area (Å²) in [5.74, 6) is -1.22. The Hall–Kier alpha value is -4.87. The van der Waals surface area contributed by atoms with Crippen LogP contribution < -0.4 is 4.72 Å². The molecule has 48 heavy (non-hydrogen) atoms. The Morgan fingerprint density at radius 2 is 1.21 bits per heavy atom. The van der Waals surface area contributed by atoms with Gasteiger partial charge in [0, 0.05) is 17.5 Å². The lowest BCUT2D eigenvalue weighted by molar-refractivity contribution is -0.121. The molecule has 0 radical (unpaired) electrons. The lowest BCUT2D eigenvalue weighted by Gasteiger charge is -2.16. The van der Waals surface area contributed by atoms with E-state index in [0.717, 1.165) is 27.8 Å². The molecule has 0 atom stereocenters. The Bertz CT molecular complexity index is 2220. The predicted molar refractivity (Wildman–Crippen MR) is 181 cm³/mol. The minimum Gasteiger partial charge on any atom is -0.356 e. The van der Waals surface area contributed by atoms with Crippen LogP contribution in [0.15, 0.2) is 111 Å². The predicted octanol–water partition coefficient (Wildman–Crippen LogP) is 6.06. The molecule has 1 fully saturated rings. The molecule has 0 saturated heterocycles. The number of carbonyl (C=O) groups is 2. The van der Waals surface area contributed by atoms with Gasteiger partial charge in [0.1, 0.15) is 5.75 Å². The van der Waals surface area contributed by atoms with Crippen LogP contribution in [0.3, 0.4) is 0 Å². The van der Waals surface area contributed by atoms with Gasteiger partial charge in [-0.15, -0.1) is 0 Å². The smallest absolute Gasteiger partial charge is 0.264 e. The zero-order chi connectivity index (χ0) is 34.3. The first kappa shape index (κ1) is 33.0. The first-order valence-electron chi connectivity index (χ1n) is 15.4. The standard InChI is InChI=1S/C37H34N2O7S2/c1-24-4-16-32(17-5-24)47(42,43)23-31(40)22-34-26(3)38-46-35(34)29-10-8-27(9-11-29)28-12-14-30(15-13-28)37(20-21-37)36(41)39-48(44,45)33-18-6-25(2)7-19-33/h4-19H,20-23H2,1-3H3,(H,39,41). The van der Waals surface area contributed by atoms with Crippen LogP contribution in [0.5, 0.6) is 0 Å². The van der Waals surface area contributed by atoms with Crippen molar-refractivity contribution in [1.29, 1.82) is 0 Å². The molecule has 1 saturated carbocycles. The van der Waals surface area contributed by atoms with Crippen molar-refractivity contribution in [2.24, 2.45) is 0 Å². The zero-order valence-corrected chi connectivity index (χ0v) is 28.3. The first-order valence-corrected chi connectivity index (χ1v) is 18.5. The molecule has 1 amide bonds. The number of carbonyl (C=O) groups excluding carboxylic acids is 2. The minimum atomic E-state index is -3.99. The van der Waals surface area contributed by atoms with Gasteiger partial charge in [0.15, 0.2) is 21.4 Å². The van der Waals surface area contributed by atoms with Crippen molar-refractivity contribution in [3.63, 3.8) is 0 Å². The minimum absolute atomic E-state index is 0.0429. The number of sulfone groups is 1. The summed E-state index contributed by atoms with van der Waals surface area (Å²) in [6, 6.07) is 27.7. The number of rotatable bonds is 11. The maximum atomic E-state index is 13.2. The van der Waals surface area contributed by atoms with E-state index in [1.54, 1.807) is 31.2 Å². The average molecular weight is 683 g/mol. The van der Waals surface area contributed by atoms with E-state index < -0.39 is 42.7 Å². The molecular formula is C37H34N2O7S2. The molecule has 0 bridgehead atoms. The second kappa shape index (κ2) is 12.6. The van der Waals surface area contributed by atoms with Gasteiger partial charge in [-0.05, 0) is 74.6 Å². The molecule has 1 aromatic heterocycles. The second-order valence-electron chi connectivity index (χ2n) is 12.3. The van der Waals surface area contributed by atoms with E-state index in [1.165, 1.54) is 24.3 Å². The van der Waals surface area contributed by atoms with Gasteiger partial charge < -0.3 is 4.52 Å². The number of ketones is 1. The lowest BCUT2D eigenvalue weighted by atomic mass is 9.93. The third-order valence-electron chi connectivity index (χ3n) is 8.75. The molecule has 5 aromatic rings. The monoisotopic (exact) mass is 682 g/mol. The molecule has 1 N–H and O–H groups in total. The highest BCUT2D eigenvalue weighted by Gasteiger charge is 2.52.